The van der Waals surface area contributed by atoms with Crippen molar-refractivity contribution in [2.75, 3.05) is 0 Å². The van der Waals surface area contributed by atoms with Gasteiger partial charge in [-0.2, -0.15) is 5.10 Å². The summed E-state index contributed by atoms with van der Waals surface area (Å²) in [6, 6.07) is 19.7. The number of carbonyl (C=O) groups excluding carboxylic acids is 1. The van der Waals surface area contributed by atoms with E-state index in [1.165, 1.54) is 11.3 Å². The Morgan fingerprint density at radius 1 is 1.04 bits per heavy atom. The lowest BCUT2D eigenvalue weighted by atomic mass is 10.1. The molecule has 2 aromatic heterocycles. The molecular formula is C22H20N4OS. The van der Waals surface area contributed by atoms with Gasteiger partial charge in [-0.3, -0.25) is 4.79 Å². The van der Waals surface area contributed by atoms with E-state index >= 15 is 0 Å². The van der Waals surface area contributed by atoms with E-state index in [1.807, 2.05) is 85.4 Å². The molecule has 6 heteroatoms. The fourth-order valence-corrected chi connectivity index (χ4v) is 3.94. The van der Waals surface area contributed by atoms with E-state index in [0.717, 1.165) is 27.5 Å². The van der Waals surface area contributed by atoms with Gasteiger partial charge < -0.3 is 5.32 Å². The van der Waals surface area contributed by atoms with Crippen molar-refractivity contribution in [3.63, 3.8) is 0 Å². The third kappa shape index (κ3) is 3.59. The van der Waals surface area contributed by atoms with Gasteiger partial charge in [0.25, 0.3) is 5.91 Å². The Balaban J connectivity index is 1.50. The average Bonchev–Trinajstić information content (AvgIpc) is 3.36. The number of carbonyl (C=O) groups is 1. The maximum absolute atomic E-state index is 12.7. The number of hydrogen-bond acceptors (Lipinski definition) is 4. The van der Waals surface area contributed by atoms with Crippen LogP contribution in [0.25, 0.3) is 16.3 Å². The summed E-state index contributed by atoms with van der Waals surface area (Å²) in [6.07, 6.45) is 3.45. The summed E-state index contributed by atoms with van der Waals surface area (Å²) < 4.78 is 1.89. The number of nitrogens with one attached hydrogen (secondary N) is 1. The maximum atomic E-state index is 12.7. The zero-order valence-corrected chi connectivity index (χ0v) is 16.5. The predicted molar refractivity (Wildman–Crippen MR) is 112 cm³/mol. The van der Waals surface area contributed by atoms with Crippen molar-refractivity contribution in [1.29, 1.82) is 0 Å². The summed E-state index contributed by atoms with van der Waals surface area (Å²) in [4.78, 5) is 17.7. The number of hydrogen-bond donors (Lipinski definition) is 1. The van der Waals surface area contributed by atoms with Crippen molar-refractivity contribution in [2.24, 2.45) is 0 Å². The van der Waals surface area contributed by atoms with Gasteiger partial charge >= 0.3 is 0 Å². The van der Waals surface area contributed by atoms with Gasteiger partial charge in [0.05, 0.1) is 24.1 Å². The van der Waals surface area contributed by atoms with Gasteiger partial charge in [0.1, 0.15) is 9.88 Å². The molecule has 0 bridgehead atoms. The molecule has 2 heterocycles. The molecule has 0 aliphatic heterocycles. The first-order chi connectivity index (χ1) is 13.6. The largest absolute Gasteiger partial charge is 0.345 e. The molecule has 4 aromatic rings. The highest BCUT2D eigenvalue weighted by Crippen LogP contribution is 2.26. The van der Waals surface area contributed by atoms with E-state index in [-0.39, 0.29) is 11.9 Å². The van der Waals surface area contributed by atoms with E-state index < -0.39 is 0 Å². The first kappa shape index (κ1) is 18.1. The number of benzene rings is 2. The van der Waals surface area contributed by atoms with Crippen molar-refractivity contribution in [2.45, 2.75) is 19.9 Å². The Morgan fingerprint density at radius 2 is 1.71 bits per heavy atom. The van der Waals surface area contributed by atoms with Crippen LogP contribution in [0.15, 0.2) is 73.1 Å². The molecule has 1 atom stereocenters. The molecule has 0 spiro atoms. The Kier molecular flexibility index (Phi) is 5.04. The quantitative estimate of drug-likeness (QED) is 0.534. The lowest BCUT2D eigenvalue weighted by Crippen LogP contribution is -2.26. The topological polar surface area (TPSA) is 59.8 Å². The van der Waals surface area contributed by atoms with E-state index in [4.69, 9.17) is 0 Å². The minimum Gasteiger partial charge on any atom is -0.345 e. The molecule has 0 saturated heterocycles. The van der Waals surface area contributed by atoms with Crippen molar-refractivity contribution in [1.82, 2.24) is 20.1 Å². The van der Waals surface area contributed by atoms with E-state index in [0.29, 0.717) is 4.88 Å². The van der Waals surface area contributed by atoms with Gasteiger partial charge in [0.2, 0.25) is 0 Å². The molecule has 1 N–H and O–H groups in total. The standard InChI is InChI=1S/C22H20N4OS/c1-15(19-13-24-26(16(19)2)18-11-7-4-8-12-18)25-21(27)20-14-23-22(28-20)17-9-5-3-6-10-17/h3-15H,1-2H3,(H,25,27). The fourth-order valence-electron chi connectivity index (χ4n) is 3.12. The van der Waals surface area contributed by atoms with Crippen molar-refractivity contribution in [3.8, 4) is 16.3 Å². The minimum absolute atomic E-state index is 0.126. The Hall–Kier alpha value is -3.25. The Labute approximate surface area is 167 Å². The van der Waals surface area contributed by atoms with Gasteiger partial charge in [0, 0.05) is 16.8 Å². The van der Waals surface area contributed by atoms with E-state index in [1.54, 1.807) is 6.20 Å². The molecule has 28 heavy (non-hydrogen) atoms. The number of amides is 1. The average molecular weight is 388 g/mol. The zero-order chi connectivity index (χ0) is 19.5. The third-order valence-corrected chi connectivity index (χ3v) is 5.66. The molecule has 0 saturated carbocycles. The molecule has 2 aromatic carbocycles. The van der Waals surface area contributed by atoms with Crippen molar-refractivity contribution in [3.05, 3.63) is 89.2 Å². The van der Waals surface area contributed by atoms with Crippen LogP contribution in [0.5, 0.6) is 0 Å². The van der Waals surface area contributed by atoms with Crippen LogP contribution in [0.4, 0.5) is 0 Å². The van der Waals surface area contributed by atoms with Crippen LogP contribution in [0.3, 0.4) is 0 Å². The third-order valence-electron chi connectivity index (χ3n) is 4.61. The lowest BCUT2D eigenvalue weighted by Gasteiger charge is -2.13. The molecule has 0 fully saturated rings. The second-order valence-corrected chi connectivity index (χ2v) is 7.55. The summed E-state index contributed by atoms with van der Waals surface area (Å²) in [5.74, 6) is -0.126. The smallest absolute Gasteiger partial charge is 0.263 e. The molecule has 5 nitrogen and oxygen atoms in total. The van der Waals surface area contributed by atoms with Crippen molar-refractivity contribution < 1.29 is 4.79 Å². The highest BCUT2D eigenvalue weighted by Gasteiger charge is 2.18. The van der Waals surface area contributed by atoms with Gasteiger partial charge in [-0.1, -0.05) is 48.5 Å². The van der Waals surface area contributed by atoms with Gasteiger partial charge in [-0.15, -0.1) is 11.3 Å². The molecule has 0 aliphatic carbocycles. The summed E-state index contributed by atoms with van der Waals surface area (Å²) in [5, 5.41) is 8.39. The monoisotopic (exact) mass is 388 g/mol. The highest BCUT2D eigenvalue weighted by atomic mass is 32.1. The molecule has 140 valence electrons. The fraction of sp³-hybridized carbons (Fsp3) is 0.136. The van der Waals surface area contributed by atoms with Crippen molar-refractivity contribution >= 4 is 17.2 Å². The van der Waals surface area contributed by atoms with E-state index in [9.17, 15) is 4.79 Å². The van der Waals surface area contributed by atoms with Crippen LogP contribution >= 0.6 is 11.3 Å². The summed E-state index contributed by atoms with van der Waals surface area (Å²) in [6.45, 7) is 3.98. The van der Waals surface area contributed by atoms with Crippen LogP contribution < -0.4 is 5.32 Å². The van der Waals surface area contributed by atoms with Crippen LogP contribution in [0.2, 0.25) is 0 Å². The summed E-state index contributed by atoms with van der Waals surface area (Å²) >= 11 is 1.39. The molecule has 1 unspecified atom stereocenters. The van der Waals surface area contributed by atoms with Crippen LogP contribution in [-0.4, -0.2) is 20.7 Å². The van der Waals surface area contributed by atoms with Gasteiger partial charge in [-0.05, 0) is 26.0 Å². The Morgan fingerprint density at radius 3 is 2.43 bits per heavy atom. The normalized spacial score (nSPS) is 11.9. The summed E-state index contributed by atoms with van der Waals surface area (Å²) in [7, 11) is 0. The van der Waals surface area contributed by atoms with Gasteiger partial charge in [-0.25, -0.2) is 9.67 Å². The molecule has 0 radical (unpaired) electrons. The van der Waals surface area contributed by atoms with Gasteiger partial charge in [0.15, 0.2) is 0 Å². The SMILES string of the molecule is Cc1c(C(C)NC(=O)c2cnc(-c3ccccc3)s2)cnn1-c1ccccc1. The Bertz CT molecular complexity index is 1090. The second kappa shape index (κ2) is 7.78. The zero-order valence-electron chi connectivity index (χ0n) is 15.7. The molecule has 4 rings (SSSR count). The number of rotatable bonds is 5. The number of para-hydroxylation sites is 1. The number of thiazole rings is 1. The second-order valence-electron chi connectivity index (χ2n) is 6.52. The number of nitrogens with zero attached hydrogens (tertiary/aromatic N) is 3. The van der Waals surface area contributed by atoms with E-state index in [2.05, 4.69) is 15.4 Å². The molecule has 1 amide bonds. The first-order valence-corrected chi connectivity index (χ1v) is 9.87. The molecular weight excluding hydrogens is 368 g/mol. The predicted octanol–water partition coefficient (Wildman–Crippen LogP) is 4.80. The summed E-state index contributed by atoms with van der Waals surface area (Å²) in [5.41, 5.74) is 4.01. The highest BCUT2D eigenvalue weighted by molar-refractivity contribution is 7.16. The van der Waals surface area contributed by atoms with Crippen LogP contribution in [0.1, 0.15) is 33.9 Å². The minimum atomic E-state index is -0.160. The number of aromatic nitrogens is 3. The maximum Gasteiger partial charge on any atom is 0.263 e. The van der Waals surface area contributed by atoms with Crippen LogP contribution in [-0.2, 0) is 0 Å². The lowest BCUT2D eigenvalue weighted by molar-refractivity contribution is 0.0943. The first-order valence-electron chi connectivity index (χ1n) is 9.05. The van der Waals surface area contributed by atoms with Crippen LogP contribution in [0, 0.1) is 6.92 Å². The molecule has 0 aliphatic rings.